The lowest BCUT2D eigenvalue weighted by molar-refractivity contribution is -0.143. The van der Waals surface area contributed by atoms with Gasteiger partial charge in [0, 0.05) is 19.0 Å². The predicted octanol–water partition coefficient (Wildman–Crippen LogP) is 4.88. The molecule has 2 amide bonds. The van der Waals surface area contributed by atoms with Crippen molar-refractivity contribution in [2.45, 2.75) is 48.4 Å². The number of esters is 1. The van der Waals surface area contributed by atoms with Crippen molar-refractivity contribution in [1.29, 1.82) is 0 Å². The first kappa shape index (κ1) is 31.8. The Labute approximate surface area is 237 Å². The van der Waals surface area contributed by atoms with E-state index in [9.17, 15) is 19.5 Å². The van der Waals surface area contributed by atoms with Crippen LogP contribution >= 0.6 is 34.8 Å². The maximum atomic E-state index is 13.4. The molecule has 0 unspecified atom stereocenters. The molecule has 38 heavy (non-hydrogen) atoms. The average molecular weight is 596 g/mol. The number of aliphatic hydroxyl groups is 1. The highest BCUT2D eigenvalue weighted by Crippen LogP contribution is 2.36. The molecule has 1 aromatic carbocycles. The summed E-state index contributed by atoms with van der Waals surface area (Å²) in [5, 5.41) is 12.2. The van der Waals surface area contributed by atoms with E-state index in [0.29, 0.717) is 43.7 Å². The van der Waals surface area contributed by atoms with Crippen molar-refractivity contribution in [3.63, 3.8) is 0 Å². The lowest BCUT2D eigenvalue weighted by Crippen LogP contribution is -2.38. The number of carbonyl (C=O) groups is 3. The number of ether oxygens (including phenoxy) is 4. The van der Waals surface area contributed by atoms with Gasteiger partial charge in [-0.3, -0.25) is 14.9 Å². The lowest BCUT2D eigenvalue weighted by atomic mass is 10.1. The Hall–Kier alpha value is -2.40. The summed E-state index contributed by atoms with van der Waals surface area (Å²) in [6, 6.07) is 2.69. The fourth-order valence-electron chi connectivity index (χ4n) is 3.81. The molecule has 0 aromatic heterocycles. The van der Waals surface area contributed by atoms with Crippen molar-refractivity contribution >= 4 is 58.5 Å². The summed E-state index contributed by atoms with van der Waals surface area (Å²) in [7, 11) is 1.44. The van der Waals surface area contributed by atoms with Crippen molar-refractivity contribution < 1.29 is 38.4 Å². The van der Waals surface area contributed by atoms with Gasteiger partial charge in [-0.05, 0) is 38.2 Å². The molecule has 1 fully saturated rings. The van der Waals surface area contributed by atoms with Crippen LogP contribution in [-0.4, -0.2) is 77.9 Å². The third kappa shape index (κ3) is 10.4. The topological polar surface area (TPSA) is 124 Å². The number of methoxy groups -OCH3 is 1. The van der Waals surface area contributed by atoms with E-state index in [1.54, 1.807) is 4.90 Å². The maximum Gasteiger partial charge on any atom is 0.411 e. The normalized spacial score (nSPS) is 15.1. The van der Waals surface area contributed by atoms with E-state index in [2.05, 4.69) is 11.9 Å². The molecule has 1 heterocycles. The fourth-order valence-corrected chi connectivity index (χ4v) is 3.97. The van der Waals surface area contributed by atoms with Crippen molar-refractivity contribution in [1.82, 2.24) is 4.90 Å². The van der Waals surface area contributed by atoms with E-state index in [1.165, 1.54) is 25.3 Å². The number of halogens is 3. The number of anilines is 1. The number of hydrogen-bond acceptors (Lipinski definition) is 8. The van der Waals surface area contributed by atoms with Crippen LogP contribution in [0.4, 0.5) is 10.5 Å². The van der Waals surface area contributed by atoms with Crippen LogP contribution in [0.2, 0.25) is 0 Å². The Morgan fingerprint density at radius 2 is 1.95 bits per heavy atom. The number of alkyl halides is 3. The van der Waals surface area contributed by atoms with Crippen LogP contribution in [0.25, 0.3) is 0 Å². The number of aliphatic hydroxyl groups excluding tert-OH is 1. The lowest BCUT2D eigenvalue weighted by Gasteiger charge is -2.25. The van der Waals surface area contributed by atoms with E-state index < -0.39 is 15.9 Å². The Morgan fingerprint density at radius 1 is 1.18 bits per heavy atom. The summed E-state index contributed by atoms with van der Waals surface area (Å²) in [6.45, 7) is 3.81. The Bertz CT molecular complexity index is 971. The number of hydrogen-bond donors (Lipinski definition) is 2. The first-order chi connectivity index (χ1) is 18.1. The minimum Gasteiger partial charge on any atom is -0.493 e. The second-order valence-corrected chi connectivity index (χ2v) is 11.0. The minimum absolute atomic E-state index is 0.00855. The number of amides is 2. The molecule has 1 aliphatic rings. The molecule has 212 valence electrons. The molecular formula is C25H33Cl3N2O8. The summed E-state index contributed by atoms with van der Waals surface area (Å²) >= 11 is 16.7. The molecule has 0 bridgehead atoms. The number of nitrogens with one attached hydrogen (secondary N) is 1. The zero-order valence-electron chi connectivity index (χ0n) is 21.2. The average Bonchev–Trinajstić information content (AvgIpc) is 3.36. The van der Waals surface area contributed by atoms with Gasteiger partial charge in [0.1, 0.15) is 13.2 Å². The van der Waals surface area contributed by atoms with E-state index in [-0.39, 0.29) is 56.0 Å². The quantitative estimate of drug-likeness (QED) is 0.135. The van der Waals surface area contributed by atoms with Gasteiger partial charge in [-0.15, -0.1) is 0 Å². The molecule has 0 radical (unpaired) electrons. The SMILES string of the molecule is C=CCOC(=O)Nc1cc(OCCCCCC(=O)OCC(Cl)(Cl)Cl)c(OC)cc1C(=O)N1CCC[C@H]1CO. The van der Waals surface area contributed by atoms with Gasteiger partial charge in [-0.1, -0.05) is 47.5 Å². The highest BCUT2D eigenvalue weighted by Gasteiger charge is 2.31. The van der Waals surface area contributed by atoms with Gasteiger partial charge in [0.2, 0.25) is 3.79 Å². The molecule has 2 rings (SSSR count). The van der Waals surface area contributed by atoms with Crippen LogP contribution < -0.4 is 14.8 Å². The smallest absolute Gasteiger partial charge is 0.411 e. The highest BCUT2D eigenvalue weighted by atomic mass is 35.6. The van der Waals surface area contributed by atoms with E-state index in [0.717, 1.165) is 6.42 Å². The standard InChI is InChI=1S/C25H33Cl3N2O8/c1-3-11-37-24(34)29-19-14-21(36-12-6-4-5-9-22(32)38-16-25(26,27)28)20(35-2)13-18(19)23(33)30-10-7-8-17(30)15-31/h3,13-14,17,31H,1,4-12,15-16H2,2H3,(H,29,34)/t17-/m0/s1. The molecule has 10 nitrogen and oxygen atoms in total. The molecule has 13 heteroatoms. The number of rotatable bonds is 14. The van der Waals surface area contributed by atoms with Crippen molar-refractivity contribution in [3.8, 4) is 11.5 Å². The monoisotopic (exact) mass is 594 g/mol. The molecule has 0 aliphatic carbocycles. The third-order valence-corrected chi connectivity index (χ3v) is 5.96. The fraction of sp³-hybridized carbons (Fsp3) is 0.560. The first-order valence-corrected chi connectivity index (χ1v) is 13.3. The van der Waals surface area contributed by atoms with Crippen LogP contribution in [0.5, 0.6) is 11.5 Å². The largest absolute Gasteiger partial charge is 0.493 e. The summed E-state index contributed by atoms with van der Waals surface area (Å²) in [5.74, 6) is -0.203. The molecular weight excluding hydrogens is 563 g/mol. The van der Waals surface area contributed by atoms with Crippen molar-refractivity contribution in [2.75, 3.05) is 45.4 Å². The molecule has 1 saturated heterocycles. The van der Waals surface area contributed by atoms with Gasteiger partial charge >= 0.3 is 12.1 Å². The van der Waals surface area contributed by atoms with Gasteiger partial charge in [0.05, 0.1) is 37.6 Å². The highest BCUT2D eigenvalue weighted by molar-refractivity contribution is 6.67. The van der Waals surface area contributed by atoms with E-state index >= 15 is 0 Å². The van der Waals surface area contributed by atoms with Gasteiger partial charge < -0.3 is 29.0 Å². The van der Waals surface area contributed by atoms with Crippen LogP contribution in [0.15, 0.2) is 24.8 Å². The predicted molar refractivity (Wildman–Crippen MR) is 145 cm³/mol. The van der Waals surface area contributed by atoms with Crippen LogP contribution in [0.3, 0.4) is 0 Å². The first-order valence-electron chi connectivity index (χ1n) is 12.1. The van der Waals surface area contributed by atoms with Gasteiger partial charge in [0.25, 0.3) is 5.91 Å². The third-order valence-electron chi connectivity index (χ3n) is 5.63. The second-order valence-electron chi connectivity index (χ2n) is 8.47. The number of unbranched alkanes of at least 4 members (excludes halogenated alkanes) is 2. The van der Waals surface area contributed by atoms with Gasteiger partial charge in [-0.2, -0.15) is 0 Å². The Morgan fingerprint density at radius 3 is 2.61 bits per heavy atom. The van der Waals surface area contributed by atoms with E-state index in [4.69, 9.17) is 53.8 Å². The zero-order valence-corrected chi connectivity index (χ0v) is 23.4. The van der Waals surface area contributed by atoms with Crippen LogP contribution in [0, 0.1) is 0 Å². The molecule has 0 saturated carbocycles. The second kappa shape index (κ2) is 15.9. The van der Waals surface area contributed by atoms with Gasteiger partial charge in [0.15, 0.2) is 11.5 Å². The summed E-state index contributed by atoms with van der Waals surface area (Å²) in [4.78, 5) is 38.9. The Balaban J connectivity index is 2.06. The molecule has 1 atom stereocenters. The van der Waals surface area contributed by atoms with Crippen LogP contribution in [-0.2, 0) is 14.3 Å². The zero-order chi connectivity index (χ0) is 28.1. The van der Waals surface area contributed by atoms with Crippen LogP contribution in [0.1, 0.15) is 48.9 Å². The molecule has 2 N–H and O–H groups in total. The maximum absolute atomic E-state index is 13.4. The summed E-state index contributed by atoms with van der Waals surface area (Å²) < 4.78 is 19.6. The number of benzene rings is 1. The van der Waals surface area contributed by atoms with Crippen molar-refractivity contribution in [3.05, 3.63) is 30.4 Å². The number of likely N-dealkylation sites (tertiary alicyclic amines) is 1. The van der Waals surface area contributed by atoms with E-state index in [1.807, 2.05) is 0 Å². The molecule has 0 spiro atoms. The van der Waals surface area contributed by atoms with Crippen molar-refractivity contribution in [2.24, 2.45) is 0 Å². The molecule has 1 aromatic rings. The molecule has 1 aliphatic heterocycles. The summed E-state index contributed by atoms with van der Waals surface area (Å²) in [5.41, 5.74) is 0.360. The van der Waals surface area contributed by atoms with Gasteiger partial charge in [-0.25, -0.2) is 4.79 Å². The number of nitrogens with zero attached hydrogens (tertiary/aromatic N) is 1. The number of carbonyl (C=O) groups excluding carboxylic acids is 3. The summed E-state index contributed by atoms with van der Waals surface area (Å²) in [6.07, 6.45) is 4.11. The minimum atomic E-state index is -1.65. The Kier molecular flexibility index (Phi) is 13.3.